The minimum atomic E-state index is -0.927. The lowest BCUT2D eigenvalue weighted by molar-refractivity contribution is -0.142. The highest BCUT2D eigenvalue weighted by atomic mass is 16.4. The second-order valence-corrected chi connectivity index (χ2v) is 6.20. The van der Waals surface area contributed by atoms with Crippen molar-refractivity contribution in [1.29, 1.82) is 0 Å². The Hall–Kier alpha value is -1.30. The topological polar surface area (TPSA) is 81.1 Å². The van der Waals surface area contributed by atoms with E-state index in [-0.39, 0.29) is 12.6 Å². The number of carboxylic acids is 1. The van der Waals surface area contributed by atoms with Crippen molar-refractivity contribution in [3.63, 3.8) is 0 Å². The van der Waals surface area contributed by atoms with Crippen molar-refractivity contribution < 1.29 is 19.8 Å². The van der Waals surface area contributed by atoms with Crippen molar-refractivity contribution in [3.8, 4) is 0 Å². The molecule has 2 atom stereocenters. The highest BCUT2D eigenvalue weighted by Gasteiger charge is 2.37. The molecule has 2 heterocycles. The van der Waals surface area contributed by atoms with Gasteiger partial charge in [0.05, 0.1) is 12.1 Å². The second-order valence-electron chi connectivity index (χ2n) is 6.20. The van der Waals surface area contributed by atoms with Crippen LogP contribution in [0.4, 0.5) is 4.79 Å². The van der Waals surface area contributed by atoms with E-state index in [0.717, 1.165) is 25.7 Å². The molecule has 2 amide bonds. The molecule has 6 nitrogen and oxygen atoms in total. The highest BCUT2D eigenvalue weighted by Crippen LogP contribution is 2.24. The molecule has 20 heavy (non-hydrogen) atoms. The summed E-state index contributed by atoms with van der Waals surface area (Å²) in [6.45, 7) is 3.10. The molecule has 2 aliphatic rings. The molecule has 2 rings (SSSR count). The van der Waals surface area contributed by atoms with Crippen molar-refractivity contribution in [1.82, 2.24) is 9.80 Å². The lowest BCUT2D eigenvalue weighted by atomic mass is 9.95. The maximum Gasteiger partial charge on any atom is 0.326 e. The average Bonchev–Trinajstić information content (AvgIpc) is 2.62. The molecule has 0 saturated carbocycles. The van der Waals surface area contributed by atoms with Gasteiger partial charge in [0.1, 0.15) is 6.04 Å². The van der Waals surface area contributed by atoms with E-state index in [2.05, 4.69) is 0 Å². The van der Waals surface area contributed by atoms with Crippen LogP contribution in [0.3, 0.4) is 0 Å². The predicted molar refractivity (Wildman–Crippen MR) is 73.4 cm³/mol. The van der Waals surface area contributed by atoms with Gasteiger partial charge in [0.25, 0.3) is 0 Å². The second kappa shape index (κ2) is 5.99. The van der Waals surface area contributed by atoms with Gasteiger partial charge in [0, 0.05) is 13.1 Å². The zero-order valence-corrected chi connectivity index (χ0v) is 12.0. The van der Waals surface area contributed by atoms with Crippen molar-refractivity contribution in [2.45, 2.75) is 57.1 Å². The molecule has 0 radical (unpaired) electrons. The van der Waals surface area contributed by atoms with E-state index >= 15 is 0 Å². The van der Waals surface area contributed by atoms with Gasteiger partial charge in [-0.15, -0.1) is 0 Å². The summed E-state index contributed by atoms with van der Waals surface area (Å²) in [5.74, 6) is -0.927. The number of aliphatic hydroxyl groups is 1. The Morgan fingerprint density at radius 2 is 1.90 bits per heavy atom. The maximum atomic E-state index is 12.6. The molecule has 6 heteroatoms. The van der Waals surface area contributed by atoms with E-state index in [1.54, 1.807) is 11.8 Å². The first-order chi connectivity index (χ1) is 9.41. The monoisotopic (exact) mass is 284 g/mol. The van der Waals surface area contributed by atoms with E-state index in [9.17, 15) is 19.8 Å². The van der Waals surface area contributed by atoms with Crippen molar-refractivity contribution >= 4 is 12.0 Å². The SMILES string of the molecule is CC1(O)CCCN(C(=O)N2CCCCCC2C(=O)O)C1. The standard InChI is InChI=1S/C14H24N2O4/c1-14(20)7-5-8-15(10-14)13(19)16-9-4-2-3-6-11(16)12(17)18/h11,20H,2-10H2,1H3,(H,17,18). The molecule has 0 aromatic carbocycles. The maximum absolute atomic E-state index is 12.6. The van der Waals surface area contributed by atoms with Crippen molar-refractivity contribution in [2.75, 3.05) is 19.6 Å². The van der Waals surface area contributed by atoms with Crippen LogP contribution in [0.1, 0.15) is 45.4 Å². The fourth-order valence-corrected chi connectivity index (χ4v) is 3.16. The number of nitrogens with zero attached hydrogens (tertiary/aromatic N) is 2. The zero-order chi connectivity index (χ0) is 14.8. The number of aliphatic carboxylic acids is 1. The van der Waals surface area contributed by atoms with Crippen LogP contribution in [0.5, 0.6) is 0 Å². The Morgan fingerprint density at radius 1 is 1.15 bits per heavy atom. The lowest BCUT2D eigenvalue weighted by Crippen LogP contribution is -2.56. The fourth-order valence-electron chi connectivity index (χ4n) is 3.16. The number of hydrogen-bond acceptors (Lipinski definition) is 3. The Bertz CT molecular complexity index is 383. The van der Waals surface area contributed by atoms with E-state index in [0.29, 0.717) is 25.9 Å². The molecular formula is C14H24N2O4. The van der Waals surface area contributed by atoms with Gasteiger partial charge in [-0.2, -0.15) is 0 Å². The summed E-state index contributed by atoms with van der Waals surface area (Å²) in [5, 5.41) is 19.4. The summed E-state index contributed by atoms with van der Waals surface area (Å²) in [6, 6.07) is -0.962. The third kappa shape index (κ3) is 3.42. The Morgan fingerprint density at radius 3 is 2.55 bits per heavy atom. The molecule has 2 fully saturated rings. The van der Waals surface area contributed by atoms with Crippen LogP contribution in [0.2, 0.25) is 0 Å². The number of carbonyl (C=O) groups is 2. The zero-order valence-electron chi connectivity index (χ0n) is 12.0. The number of amides is 2. The van der Waals surface area contributed by atoms with Gasteiger partial charge in [-0.1, -0.05) is 12.8 Å². The quantitative estimate of drug-likeness (QED) is 0.760. The molecule has 0 aromatic rings. The van der Waals surface area contributed by atoms with Gasteiger partial charge < -0.3 is 20.0 Å². The summed E-state index contributed by atoms with van der Waals surface area (Å²) in [6.07, 6.45) is 4.61. The number of rotatable bonds is 1. The molecule has 0 aromatic heterocycles. The van der Waals surface area contributed by atoms with E-state index in [4.69, 9.17) is 0 Å². The van der Waals surface area contributed by atoms with Crippen LogP contribution in [0.25, 0.3) is 0 Å². The van der Waals surface area contributed by atoms with Gasteiger partial charge >= 0.3 is 12.0 Å². The van der Waals surface area contributed by atoms with Crippen LogP contribution in [0, 0.1) is 0 Å². The van der Waals surface area contributed by atoms with Gasteiger partial charge in [0.2, 0.25) is 0 Å². The summed E-state index contributed by atoms with van der Waals surface area (Å²) in [5.41, 5.74) is -0.863. The van der Waals surface area contributed by atoms with Gasteiger partial charge in [-0.05, 0) is 32.6 Å². The molecule has 0 bridgehead atoms. The predicted octanol–water partition coefficient (Wildman–Crippen LogP) is 1.28. The van der Waals surface area contributed by atoms with Crippen molar-refractivity contribution in [2.24, 2.45) is 0 Å². The number of likely N-dealkylation sites (tertiary alicyclic amines) is 2. The minimum Gasteiger partial charge on any atom is -0.480 e. The minimum absolute atomic E-state index is 0.237. The first-order valence-electron chi connectivity index (χ1n) is 7.41. The van der Waals surface area contributed by atoms with Crippen LogP contribution < -0.4 is 0 Å². The molecule has 2 N–H and O–H groups in total. The third-order valence-corrected chi connectivity index (χ3v) is 4.23. The lowest BCUT2D eigenvalue weighted by Gasteiger charge is -2.40. The highest BCUT2D eigenvalue weighted by molar-refractivity contribution is 5.83. The fraction of sp³-hybridized carbons (Fsp3) is 0.857. The van der Waals surface area contributed by atoms with Crippen LogP contribution in [-0.2, 0) is 4.79 Å². The number of β-amino-alcohol motifs (C(OH)–C–C–N with tert-alkyl or cyclic N) is 1. The Balaban J connectivity index is 2.10. The molecule has 114 valence electrons. The number of carbonyl (C=O) groups excluding carboxylic acids is 1. The summed E-state index contributed by atoms with van der Waals surface area (Å²) in [7, 11) is 0. The van der Waals surface area contributed by atoms with E-state index in [1.165, 1.54) is 4.90 Å². The van der Waals surface area contributed by atoms with Gasteiger partial charge in [0.15, 0.2) is 0 Å². The summed E-state index contributed by atoms with van der Waals surface area (Å²) < 4.78 is 0. The molecular weight excluding hydrogens is 260 g/mol. The van der Waals surface area contributed by atoms with Crippen molar-refractivity contribution in [3.05, 3.63) is 0 Å². The average molecular weight is 284 g/mol. The third-order valence-electron chi connectivity index (χ3n) is 4.23. The summed E-state index contributed by atoms with van der Waals surface area (Å²) >= 11 is 0. The van der Waals surface area contributed by atoms with Crippen LogP contribution in [0.15, 0.2) is 0 Å². The van der Waals surface area contributed by atoms with E-state index in [1.807, 2.05) is 0 Å². The molecule has 2 unspecified atom stereocenters. The van der Waals surface area contributed by atoms with Gasteiger partial charge in [-0.3, -0.25) is 0 Å². The smallest absolute Gasteiger partial charge is 0.326 e. The van der Waals surface area contributed by atoms with E-state index < -0.39 is 17.6 Å². The Kier molecular flexibility index (Phi) is 4.52. The normalized spacial score (nSPS) is 31.8. The molecule has 0 spiro atoms. The first-order valence-corrected chi connectivity index (χ1v) is 7.41. The first kappa shape index (κ1) is 15.1. The van der Waals surface area contributed by atoms with Crippen LogP contribution >= 0.6 is 0 Å². The van der Waals surface area contributed by atoms with Crippen LogP contribution in [-0.4, -0.2) is 63.3 Å². The largest absolute Gasteiger partial charge is 0.480 e. The number of hydrogen-bond donors (Lipinski definition) is 2. The Labute approximate surface area is 119 Å². The van der Waals surface area contributed by atoms with Gasteiger partial charge in [-0.25, -0.2) is 9.59 Å². The number of piperidine rings is 1. The summed E-state index contributed by atoms with van der Waals surface area (Å²) in [4.78, 5) is 27.0. The number of carboxylic acid groups (broad SMARTS) is 1. The molecule has 2 aliphatic heterocycles. The molecule has 0 aliphatic carbocycles. The molecule has 2 saturated heterocycles. The number of urea groups is 1.